The van der Waals surface area contributed by atoms with Crippen LogP contribution in [0.1, 0.15) is 22.0 Å². The van der Waals surface area contributed by atoms with Crippen LogP contribution in [-0.2, 0) is 0 Å². The number of amides is 1. The van der Waals surface area contributed by atoms with Crippen molar-refractivity contribution in [3.63, 3.8) is 0 Å². The van der Waals surface area contributed by atoms with E-state index in [1.807, 2.05) is 0 Å². The molecular formula is C15H11ClF3NO. The summed E-state index contributed by atoms with van der Waals surface area (Å²) >= 11 is 5.78. The maximum Gasteiger partial charge on any atom is 0.257 e. The van der Waals surface area contributed by atoms with Gasteiger partial charge in [0, 0.05) is 18.0 Å². The molecule has 0 aliphatic carbocycles. The van der Waals surface area contributed by atoms with Gasteiger partial charge in [-0.2, -0.15) is 0 Å². The molecule has 1 unspecified atom stereocenters. The van der Waals surface area contributed by atoms with Crippen molar-refractivity contribution in [1.82, 2.24) is 5.32 Å². The first-order valence-corrected chi connectivity index (χ1v) is 6.62. The van der Waals surface area contributed by atoms with Crippen molar-refractivity contribution in [2.24, 2.45) is 0 Å². The molecule has 6 heteroatoms. The second-order valence-electron chi connectivity index (χ2n) is 4.34. The predicted octanol–water partition coefficient (Wildman–Crippen LogP) is 3.81. The van der Waals surface area contributed by atoms with Gasteiger partial charge in [-0.25, -0.2) is 13.2 Å². The second kappa shape index (κ2) is 6.63. The minimum absolute atomic E-state index is 0.0280. The van der Waals surface area contributed by atoms with E-state index in [4.69, 9.17) is 11.6 Å². The zero-order valence-corrected chi connectivity index (χ0v) is 11.5. The number of hydrogen-bond donors (Lipinski definition) is 1. The van der Waals surface area contributed by atoms with E-state index in [2.05, 4.69) is 5.32 Å². The van der Waals surface area contributed by atoms with Crippen molar-refractivity contribution in [3.8, 4) is 0 Å². The van der Waals surface area contributed by atoms with Crippen molar-refractivity contribution in [2.45, 2.75) is 6.04 Å². The first-order chi connectivity index (χ1) is 10.0. The lowest BCUT2D eigenvalue weighted by Crippen LogP contribution is -2.31. The van der Waals surface area contributed by atoms with Crippen LogP contribution in [0.15, 0.2) is 42.5 Å². The van der Waals surface area contributed by atoms with Crippen molar-refractivity contribution >= 4 is 17.5 Å². The molecule has 0 radical (unpaired) electrons. The predicted molar refractivity (Wildman–Crippen MR) is 73.7 cm³/mol. The van der Waals surface area contributed by atoms with Crippen LogP contribution in [0.5, 0.6) is 0 Å². The largest absolute Gasteiger partial charge is 0.344 e. The fraction of sp³-hybridized carbons (Fsp3) is 0.133. The molecule has 0 bridgehead atoms. The zero-order chi connectivity index (χ0) is 15.4. The highest BCUT2D eigenvalue weighted by molar-refractivity contribution is 6.18. The zero-order valence-electron chi connectivity index (χ0n) is 10.7. The molecule has 2 nitrogen and oxygen atoms in total. The third kappa shape index (κ3) is 3.55. The standard InChI is InChI=1S/C15H11ClF3NO/c16-8-13(9-4-2-1-3-5-9)20-15(21)14-11(18)6-10(17)7-12(14)19/h1-7,13H,8H2,(H,20,21). The summed E-state index contributed by atoms with van der Waals surface area (Å²) in [6, 6.07) is 9.04. The van der Waals surface area contributed by atoms with Gasteiger partial charge in [-0.05, 0) is 5.56 Å². The lowest BCUT2D eigenvalue weighted by atomic mass is 10.1. The minimum Gasteiger partial charge on any atom is -0.344 e. The van der Waals surface area contributed by atoms with Crippen LogP contribution in [0.25, 0.3) is 0 Å². The van der Waals surface area contributed by atoms with E-state index < -0.39 is 35.0 Å². The summed E-state index contributed by atoms with van der Waals surface area (Å²) in [4.78, 5) is 12.0. The van der Waals surface area contributed by atoms with Crippen LogP contribution >= 0.6 is 11.6 Å². The minimum atomic E-state index is -1.26. The van der Waals surface area contributed by atoms with Crippen LogP contribution in [0.4, 0.5) is 13.2 Å². The molecule has 2 aromatic rings. The Bertz CT molecular complexity index is 626. The Balaban J connectivity index is 2.25. The molecule has 0 spiro atoms. The molecule has 21 heavy (non-hydrogen) atoms. The molecule has 1 N–H and O–H groups in total. The van der Waals surface area contributed by atoms with E-state index in [9.17, 15) is 18.0 Å². The summed E-state index contributed by atoms with van der Waals surface area (Å²) in [6.45, 7) is 0. The molecule has 0 saturated heterocycles. The van der Waals surface area contributed by atoms with Crippen molar-refractivity contribution < 1.29 is 18.0 Å². The highest BCUT2D eigenvalue weighted by Gasteiger charge is 2.22. The molecule has 0 aliphatic rings. The maximum absolute atomic E-state index is 13.5. The average molecular weight is 314 g/mol. The van der Waals surface area contributed by atoms with Gasteiger partial charge in [0.05, 0.1) is 6.04 Å². The summed E-state index contributed by atoms with van der Waals surface area (Å²) in [5.41, 5.74) is -0.133. The molecule has 0 fully saturated rings. The Kier molecular flexibility index (Phi) is 4.85. The van der Waals surface area contributed by atoms with Crippen LogP contribution in [-0.4, -0.2) is 11.8 Å². The van der Waals surface area contributed by atoms with Gasteiger partial charge in [-0.15, -0.1) is 11.6 Å². The van der Waals surface area contributed by atoms with E-state index in [-0.39, 0.29) is 5.88 Å². The summed E-state index contributed by atoms with van der Waals surface area (Å²) in [5, 5.41) is 2.43. The first kappa shape index (κ1) is 15.4. The number of carbonyl (C=O) groups is 1. The number of halogens is 4. The van der Waals surface area contributed by atoms with Gasteiger partial charge >= 0.3 is 0 Å². The summed E-state index contributed by atoms with van der Waals surface area (Å²) in [6.07, 6.45) is 0. The number of nitrogens with one attached hydrogen (secondary N) is 1. The summed E-state index contributed by atoms with van der Waals surface area (Å²) in [5.74, 6) is -4.56. The van der Waals surface area contributed by atoms with Gasteiger partial charge in [-0.3, -0.25) is 4.79 Å². The van der Waals surface area contributed by atoms with Gasteiger partial charge < -0.3 is 5.32 Å². The molecule has 1 atom stereocenters. The Morgan fingerprint density at radius 3 is 2.19 bits per heavy atom. The molecule has 110 valence electrons. The normalized spacial score (nSPS) is 12.0. The quantitative estimate of drug-likeness (QED) is 0.854. The van der Waals surface area contributed by atoms with E-state index >= 15 is 0 Å². The van der Waals surface area contributed by atoms with Gasteiger partial charge in [0.15, 0.2) is 0 Å². The van der Waals surface area contributed by atoms with Crippen LogP contribution in [0.3, 0.4) is 0 Å². The maximum atomic E-state index is 13.5. The molecule has 0 aromatic heterocycles. The molecule has 2 rings (SSSR count). The van der Waals surface area contributed by atoms with Crippen molar-refractivity contribution in [2.75, 3.05) is 5.88 Å². The molecule has 0 aliphatic heterocycles. The Hall–Kier alpha value is -2.01. The molecule has 1 amide bonds. The number of carbonyl (C=O) groups excluding carboxylic acids is 1. The highest BCUT2D eigenvalue weighted by atomic mass is 35.5. The fourth-order valence-electron chi connectivity index (χ4n) is 1.89. The fourth-order valence-corrected chi connectivity index (χ4v) is 2.14. The number of hydrogen-bond acceptors (Lipinski definition) is 1. The SMILES string of the molecule is O=C(NC(CCl)c1ccccc1)c1c(F)cc(F)cc1F. The molecule has 0 saturated carbocycles. The Labute approximate surface area is 124 Å². The van der Waals surface area contributed by atoms with Gasteiger partial charge in [-0.1, -0.05) is 30.3 Å². The summed E-state index contributed by atoms with van der Waals surface area (Å²) in [7, 11) is 0. The van der Waals surface area contributed by atoms with E-state index in [1.54, 1.807) is 30.3 Å². The molecular weight excluding hydrogens is 303 g/mol. The van der Waals surface area contributed by atoms with Crippen LogP contribution in [0, 0.1) is 17.5 Å². The van der Waals surface area contributed by atoms with Crippen molar-refractivity contribution in [1.29, 1.82) is 0 Å². The second-order valence-corrected chi connectivity index (χ2v) is 4.64. The third-order valence-electron chi connectivity index (χ3n) is 2.90. The smallest absolute Gasteiger partial charge is 0.257 e. The lowest BCUT2D eigenvalue weighted by molar-refractivity contribution is 0.0931. The first-order valence-electron chi connectivity index (χ1n) is 6.09. The summed E-state index contributed by atoms with van der Waals surface area (Å²) < 4.78 is 39.9. The topological polar surface area (TPSA) is 29.1 Å². The average Bonchev–Trinajstić information content (AvgIpc) is 2.44. The van der Waals surface area contributed by atoms with Crippen molar-refractivity contribution in [3.05, 3.63) is 71.0 Å². The molecule has 2 aromatic carbocycles. The number of alkyl halides is 1. The lowest BCUT2D eigenvalue weighted by Gasteiger charge is -2.17. The Morgan fingerprint density at radius 1 is 1.10 bits per heavy atom. The van der Waals surface area contributed by atoms with E-state index in [1.165, 1.54) is 0 Å². The monoisotopic (exact) mass is 313 g/mol. The highest BCUT2D eigenvalue weighted by Crippen LogP contribution is 2.18. The number of benzene rings is 2. The molecule has 0 heterocycles. The number of rotatable bonds is 4. The van der Waals surface area contributed by atoms with Crippen LogP contribution < -0.4 is 5.32 Å². The van der Waals surface area contributed by atoms with E-state index in [0.717, 1.165) is 0 Å². The van der Waals surface area contributed by atoms with Gasteiger partial charge in [0.2, 0.25) is 0 Å². The van der Waals surface area contributed by atoms with Crippen LogP contribution in [0.2, 0.25) is 0 Å². The van der Waals surface area contributed by atoms with Gasteiger partial charge in [0.1, 0.15) is 23.0 Å². The van der Waals surface area contributed by atoms with E-state index in [0.29, 0.717) is 17.7 Å². The Morgan fingerprint density at radius 2 is 1.67 bits per heavy atom. The van der Waals surface area contributed by atoms with Gasteiger partial charge in [0.25, 0.3) is 5.91 Å². The third-order valence-corrected chi connectivity index (χ3v) is 3.20.